The Labute approximate surface area is 91.0 Å². The van der Waals surface area contributed by atoms with Crippen molar-refractivity contribution in [1.82, 2.24) is 5.32 Å². The summed E-state index contributed by atoms with van der Waals surface area (Å²) in [5.41, 5.74) is 5.06. The van der Waals surface area contributed by atoms with Crippen LogP contribution < -0.4 is 11.1 Å². The summed E-state index contributed by atoms with van der Waals surface area (Å²) in [6.45, 7) is 5.30. The molecule has 0 aliphatic carbocycles. The average Bonchev–Trinajstić information content (AvgIpc) is 2.27. The number of nitrogens with one attached hydrogen (secondary N) is 1. The fourth-order valence-electron chi connectivity index (χ4n) is 1.01. The third kappa shape index (κ3) is 5.11. The van der Waals surface area contributed by atoms with Gasteiger partial charge in [-0.15, -0.1) is 0 Å². The molecule has 0 aliphatic rings. The maximum Gasteiger partial charge on any atom is 0.227 e. The van der Waals surface area contributed by atoms with Gasteiger partial charge in [0.15, 0.2) is 0 Å². The van der Waals surface area contributed by atoms with E-state index in [1.54, 1.807) is 0 Å². The van der Waals surface area contributed by atoms with Crippen molar-refractivity contribution in [3.05, 3.63) is 0 Å². The fourth-order valence-corrected chi connectivity index (χ4v) is 1.01. The lowest BCUT2D eigenvalue weighted by Gasteiger charge is -2.24. The maximum absolute atomic E-state index is 11.7. The lowest BCUT2D eigenvalue weighted by Crippen LogP contribution is -2.44. The van der Waals surface area contributed by atoms with E-state index in [1.165, 1.54) is 0 Å². The highest BCUT2D eigenvalue weighted by atomic mass is 16.5. The molecule has 0 aromatic heterocycles. The zero-order valence-corrected chi connectivity index (χ0v) is 9.58. The summed E-state index contributed by atoms with van der Waals surface area (Å²) in [6, 6.07) is 0. The molecule has 0 radical (unpaired) electrons. The number of rotatable bonds is 8. The molecule has 0 heterocycles. The number of ether oxygens (including phenoxy) is 1. The minimum atomic E-state index is -0.489. The van der Waals surface area contributed by atoms with Gasteiger partial charge in [0.2, 0.25) is 5.91 Å². The molecule has 0 rings (SSSR count). The van der Waals surface area contributed by atoms with Crippen LogP contribution in [0.4, 0.5) is 0 Å². The first-order chi connectivity index (χ1) is 7.10. The van der Waals surface area contributed by atoms with Crippen LogP contribution in [0.3, 0.4) is 0 Å². The minimum absolute atomic E-state index is 0.00339. The molecule has 1 amide bonds. The van der Waals surface area contributed by atoms with Gasteiger partial charge < -0.3 is 20.9 Å². The van der Waals surface area contributed by atoms with Crippen LogP contribution in [0.25, 0.3) is 0 Å². The highest BCUT2D eigenvalue weighted by molar-refractivity contribution is 5.82. The Kier molecular flexibility index (Phi) is 7.29. The highest BCUT2D eigenvalue weighted by Crippen LogP contribution is 2.18. The van der Waals surface area contributed by atoms with Gasteiger partial charge in [0.1, 0.15) is 0 Å². The largest absolute Gasteiger partial charge is 0.394 e. The zero-order chi connectivity index (χ0) is 11.7. The van der Waals surface area contributed by atoms with E-state index in [9.17, 15) is 4.79 Å². The van der Waals surface area contributed by atoms with Crippen LogP contribution in [-0.2, 0) is 9.53 Å². The average molecular weight is 218 g/mol. The molecule has 1 unspecified atom stereocenters. The number of carbonyl (C=O) groups excluding carboxylic acids is 1. The van der Waals surface area contributed by atoms with Crippen LogP contribution in [0.2, 0.25) is 0 Å². The molecule has 0 saturated carbocycles. The molecule has 0 bridgehead atoms. The highest BCUT2D eigenvalue weighted by Gasteiger charge is 2.28. The number of hydrogen-bond donors (Lipinski definition) is 3. The second-order valence-electron chi connectivity index (χ2n) is 3.71. The van der Waals surface area contributed by atoms with E-state index in [0.717, 1.165) is 0 Å². The number of nitrogens with two attached hydrogens (primary N) is 1. The standard InChI is InChI=1S/C10H22N2O3/c1-3-10(2,8-11)9(14)12-4-6-15-7-5-13/h13H,3-8,11H2,1-2H3,(H,12,14). The van der Waals surface area contributed by atoms with Crippen LogP contribution in [0.1, 0.15) is 20.3 Å². The van der Waals surface area contributed by atoms with E-state index in [1.807, 2.05) is 13.8 Å². The summed E-state index contributed by atoms with van der Waals surface area (Å²) in [6.07, 6.45) is 0.715. The Balaban J connectivity index is 3.73. The molecule has 1 atom stereocenters. The van der Waals surface area contributed by atoms with Gasteiger partial charge in [-0.05, 0) is 13.3 Å². The minimum Gasteiger partial charge on any atom is -0.394 e. The molecule has 0 aromatic rings. The van der Waals surface area contributed by atoms with Crippen molar-refractivity contribution in [3.8, 4) is 0 Å². The van der Waals surface area contributed by atoms with E-state index in [2.05, 4.69) is 5.32 Å². The first kappa shape index (κ1) is 14.3. The van der Waals surface area contributed by atoms with Crippen LogP contribution in [0.15, 0.2) is 0 Å². The Morgan fingerprint density at radius 3 is 2.67 bits per heavy atom. The zero-order valence-electron chi connectivity index (χ0n) is 9.58. The summed E-state index contributed by atoms with van der Waals surface area (Å²) >= 11 is 0. The first-order valence-corrected chi connectivity index (χ1v) is 5.27. The van der Waals surface area contributed by atoms with Crippen LogP contribution in [-0.4, -0.2) is 43.9 Å². The van der Waals surface area contributed by atoms with Crippen LogP contribution >= 0.6 is 0 Å². The van der Waals surface area contributed by atoms with E-state index in [4.69, 9.17) is 15.6 Å². The van der Waals surface area contributed by atoms with Crippen LogP contribution in [0.5, 0.6) is 0 Å². The molecule has 4 N–H and O–H groups in total. The normalized spacial score (nSPS) is 14.7. The van der Waals surface area contributed by atoms with Gasteiger partial charge in [0.05, 0.1) is 25.2 Å². The smallest absolute Gasteiger partial charge is 0.227 e. The van der Waals surface area contributed by atoms with Crippen molar-refractivity contribution >= 4 is 5.91 Å². The molecule has 0 aliphatic heterocycles. The molecular weight excluding hydrogens is 196 g/mol. The second kappa shape index (κ2) is 7.62. The predicted molar refractivity (Wildman–Crippen MR) is 58.4 cm³/mol. The summed E-state index contributed by atoms with van der Waals surface area (Å²) in [5, 5.41) is 11.2. The molecule has 5 heteroatoms. The monoisotopic (exact) mass is 218 g/mol. The molecule has 15 heavy (non-hydrogen) atoms. The van der Waals surface area contributed by atoms with Gasteiger partial charge in [-0.3, -0.25) is 4.79 Å². The summed E-state index contributed by atoms with van der Waals surface area (Å²) in [7, 11) is 0. The predicted octanol–water partition coefficient (Wildman–Crippen LogP) is -0.513. The Bertz CT molecular complexity index is 182. The Morgan fingerprint density at radius 2 is 2.20 bits per heavy atom. The van der Waals surface area contributed by atoms with Gasteiger partial charge >= 0.3 is 0 Å². The first-order valence-electron chi connectivity index (χ1n) is 5.27. The molecule has 0 fully saturated rings. The molecule has 0 spiro atoms. The third-order valence-electron chi connectivity index (χ3n) is 2.55. The van der Waals surface area contributed by atoms with Crippen LogP contribution in [0, 0.1) is 5.41 Å². The summed E-state index contributed by atoms with van der Waals surface area (Å²) in [4.78, 5) is 11.7. The van der Waals surface area contributed by atoms with Gasteiger partial charge in [-0.1, -0.05) is 6.92 Å². The number of hydrogen-bond acceptors (Lipinski definition) is 4. The van der Waals surface area contributed by atoms with Gasteiger partial charge in [-0.2, -0.15) is 0 Å². The third-order valence-corrected chi connectivity index (χ3v) is 2.55. The lowest BCUT2D eigenvalue weighted by atomic mass is 9.87. The Morgan fingerprint density at radius 1 is 1.53 bits per heavy atom. The number of aliphatic hydroxyl groups is 1. The van der Waals surface area contributed by atoms with Crippen molar-refractivity contribution in [2.45, 2.75) is 20.3 Å². The lowest BCUT2D eigenvalue weighted by molar-refractivity contribution is -0.130. The topological polar surface area (TPSA) is 84.6 Å². The Hall–Kier alpha value is -0.650. The molecule has 0 aromatic carbocycles. The number of carbonyl (C=O) groups is 1. The van der Waals surface area contributed by atoms with E-state index in [-0.39, 0.29) is 12.5 Å². The van der Waals surface area contributed by atoms with Gasteiger partial charge in [-0.25, -0.2) is 0 Å². The second-order valence-corrected chi connectivity index (χ2v) is 3.71. The molecule has 5 nitrogen and oxygen atoms in total. The van der Waals surface area contributed by atoms with Gasteiger partial charge in [0, 0.05) is 13.1 Å². The van der Waals surface area contributed by atoms with Crippen molar-refractivity contribution in [3.63, 3.8) is 0 Å². The molecule has 90 valence electrons. The maximum atomic E-state index is 11.7. The van der Waals surface area contributed by atoms with E-state index in [0.29, 0.717) is 32.7 Å². The quantitative estimate of drug-likeness (QED) is 0.479. The number of amides is 1. The number of aliphatic hydroxyl groups excluding tert-OH is 1. The van der Waals surface area contributed by atoms with Crippen molar-refractivity contribution in [2.24, 2.45) is 11.1 Å². The summed E-state index contributed by atoms with van der Waals surface area (Å²) < 4.78 is 5.02. The fraction of sp³-hybridized carbons (Fsp3) is 0.900. The van der Waals surface area contributed by atoms with Crippen molar-refractivity contribution in [2.75, 3.05) is 32.9 Å². The van der Waals surface area contributed by atoms with E-state index < -0.39 is 5.41 Å². The van der Waals surface area contributed by atoms with E-state index >= 15 is 0 Å². The molecule has 0 saturated heterocycles. The van der Waals surface area contributed by atoms with Crippen molar-refractivity contribution in [1.29, 1.82) is 0 Å². The summed E-state index contributed by atoms with van der Waals surface area (Å²) in [5.74, 6) is -0.0416. The SMILES string of the molecule is CCC(C)(CN)C(=O)NCCOCCO. The van der Waals surface area contributed by atoms with Crippen molar-refractivity contribution < 1.29 is 14.6 Å². The molecular formula is C10H22N2O3. The van der Waals surface area contributed by atoms with Gasteiger partial charge in [0.25, 0.3) is 0 Å².